The number of benzene rings is 1. The first-order valence-electron chi connectivity index (χ1n) is 7.26. The number of anilines is 1. The van der Waals surface area contributed by atoms with Crippen LogP contribution in [0.25, 0.3) is 0 Å². The third-order valence-electron chi connectivity index (χ3n) is 3.66. The second kappa shape index (κ2) is 6.46. The number of hydrogen-bond acceptors (Lipinski definition) is 4. The van der Waals surface area contributed by atoms with Gasteiger partial charge < -0.3 is 10.0 Å². The van der Waals surface area contributed by atoms with E-state index in [1.54, 1.807) is 6.92 Å². The van der Waals surface area contributed by atoms with Gasteiger partial charge in [-0.3, -0.25) is 9.69 Å². The molecule has 1 fully saturated rings. The monoisotopic (exact) mass is 354 g/mol. The SMILES string of the molecule is CC(=O)c1cc(Br)ccc1N1CCN(CC(C)(C)O)CC1. The molecule has 0 spiro atoms. The van der Waals surface area contributed by atoms with Crippen LogP contribution >= 0.6 is 15.9 Å². The summed E-state index contributed by atoms with van der Waals surface area (Å²) in [5.74, 6) is 0.0882. The molecule has 0 bridgehead atoms. The number of piperazine rings is 1. The summed E-state index contributed by atoms with van der Waals surface area (Å²) in [6, 6.07) is 5.87. The molecule has 4 nitrogen and oxygen atoms in total. The van der Waals surface area contributed by atoms with Crippen molar-refractivity contribution in [2.45, 2.75) is 26.4 Å². The number of Topliss-reactive ketones (excluding diaryl/α,β-unsaturated/α-hetero) is 1. The first kappa shape index (κ1) is 16.5. The van der Waals surface area contributed by atoms with Gasteiger partial charge in [0.1, 0.15) is 0 Å². The highest BCUT2D eigenvalue weighted by atomic mass is 79.9. The average Bonchev–Trinajstić information content (AvgIpc) is 2.38. The van der Waals surface area contributed by atoms with Gasteiger partial charge in [0, 0.05) is 48.4 Å². The van der Waals surface area contributed by atoms with Crippen LogP contribution < -0.4 is 4.90 Å². The molecule has 0 amide bonds. The lowest BCUT2D eigenvalue weighted by Gasteiger charge is -2.38. The fourth-order valence-electron chi connectivity index (χ4n) is 2.76. The molecule has 1 aromatic carbocycles. The summed E-state index contributed by atoms with van der Waals surface area (Å²) < 4.78 is 0.928. The van der Waals surface area contributed by atoms with E-state index in [0.29, 0.717) is 6.54 Å². The van der Waals surface area contributed by atoms with Crippen LogP contribution in [0.1, 0.15) is 31.1 Å². The number of halogens is 1. The third kappa shape index (κ3) is 4.53. The molecular formula is C16H23BrN2O2. The molecule has 0 aliphatic carbocycles. The van der Waals surface area contributed by atoms with Gasteiger partial charge in [0.2, 0.25) is 0 Å². The summed E-state index contributed by atoms with van der Waals surface area (Å²) in [6.07, 6.45) is 0. The lowest BCUT2D eigenvalue weighted by Crippen LogP contribution is -2.50. The molecule has 0 aromatic heterocycles. The Morgan fingerprint density at radius 1 is 1.29 bits per heavy atom. The highest BCUT2D eigenvalue weighted by Crippen LogP contribution is 2.26. The molecular weight excluding hydrogens is 332 g/mol. The number of aliphatic hydroxyl groups is 1. The number of carbonyl (C=O) groups is 1. The summed E-state index contributed by atoms with van der Waals surface area (Å²) in [7, 11) is 0. The second-order valence-corrected chi connectivity index (χ2v) is 7.21. The van der Waals surface area contributed by atoms with Gasteiger partial charge in [0.15, 0.2) is 5.78 Å². The van der Waals surface area contributed by atoms with E-state index >= 15 is 0 Å². The topological polar surface area (TPSA) is 43.8 Å². The molecule has 2 rings (SSSR count). The summed E-state index contributed by atoms with van der Waals surface area (Å²) in [6.45, 7) is 9.51. The van der Waals surface area contributed by atoms with Crippen LogP contribution in [-0.4, -0.2) is 54.1 Å². The van der Waals surface area contributed by atoms with Crippen molar-refractivity contribution in [1.29, 1.82) is 0 Å². The van der Waals surface area contributed by atoms with E-state index in [2.05, 4.69) is 25.7 Å². The van der Waals surface area contributed by atoms with Crippen LogP contribution in [-0.2, 0) is 0 Å². The van der Waals surface area contributed by atoms with Crippen molar-refractivity contribution in [2.75, 3.05) is 37.6 Å². The van der Waals surface area contributed by atoms with Crippen LogP contribution in [0.15, 0.2) is 22.7 Å². The lowest BCUT2D eigenvalue weighted by atomic mass is 10.1. The number of nitrogens with zero attached hydrogens (tertiary/aromatic N) is 2. The maximum absolute atomic E-state index is 11.8. The molecule has 116 valence electrons. The standard InChI is InChI=1S/C16H23BrN2O2/c1-12(20)14-10-13(17)4-5-15(14)19-8-6-18(7-9-19)11-16(2,3)21/h4-5,10,21H,6-9,11H2,1-3H3. The fourth-order valence-corrected chi connectivity index (χ4v) is 3.12. The lowest BCUT2D eigenvalue weighted by molar-refractivity contribution is 0.0345. The number of carbonyl (C=O) groups excluding carboxylic acids is 1. The van der Waals surface area contributed by atoms with E-state index in [1.165, 1.54) is 0 Å². The van der Waals surface area contributed by atoms with Crippen LogP contribution in [0.5, 0.6) is 0 Å². The predicted molar refractivity (Wildman–Crippen MR) is 89.1 cm³/mol. The largest absolute Gasteiger partial charge is 0.389 e. The molecule has 1 aliphatic rings. The number of hydrogen-bond donors (Lipinski definition) is 1. The summed E-state index contributed by atoms with van der Waals surface area (Å²) >= 11 is 3.42. The van der Waals surface area contributed by atoms with Gasteiger partial charge in [-0.25, -0.2) is 0 Å². The smallest absolute Gasteiger partial charge is 0.161 e. The Labute approximate surface area is 134 Å². The van der Waals surface area contributed by atoms with Gasteiger partial charge in [0.05, 0.1) is 5.60 Å². The van der Waals surface area contributed by atoms with E-state index in [0.717, 1.165) is 41.9 Å². The molecule has 0 unspecified atom stereocenters. The summed E-state index contributed by atoms with van der Waals surface area (Å²) in [5, 5.41) is 9.90. The quantitative estimate of drug-likeness (QED) is 0.843. The molecule has 0 saturated carbocycles. The highest BCUT2D eigenvalue weighted by molar-refractivity contribution is 9.10. The zero-order chi connectivity index (χ0) is 15.6. The van der Waals surface area contributed by atoms with Crippen LogP contribution in [0.3, 0.4) is 0 Å². The van der Waals surface area contributed by atoms with Gasteiger partial charge in [0.25, 0.3) is 0 Å². The Bertz CT molecular complexity index is 517. The van der Waals surface area contributed by atoms with Crippen molar-refractivity contribution in [3.05, 3.63) is 28.2 Å². The molecule has 0 radical (unpaired) electrons. The molecule has 1 aromatic rings. The molecule has 1 N–H and O–H groups in total. The average molecular weight is 355 g/mol. The van der Waals surface area contributed by atoms with Crippen LogP contribution in [0.2, 0.25) is 0 Å². The Morgan fingerprint density at radius 3 is 2.43 bits per heavy atom. The van der Waals surface area contributed by atoms with E-state index in [-0.39, 0.29) is 5.78 Å². The van der Waals surface area contributed by atoms with Crippen molar-refractivity contribution in [3.8, 4) is 0 Å². The van der Waals surface area contributed by atoms with Crippen molar-refractivity contribution >= 4 is 27.4 Å². The van der Waals surface area contributed by atoms with E-state index in [4.69, 9.17) is 0 Å². The van der Waals surface area contributed by atoms with Gasteiger partial charge in [-0.1, -0.05) is 15.9 Å². The van der Waals surface area contributed by atoms with Gasteiger partial charge in [-0.15, -0.1) is 0 Å². The molecule has 1 aliphatic heterocycles. The zero-order valence-electron chi connectivity index (χ0n) is 12.9. The van der Waals surface area contributed by atoms with Crippen LogP contribution in [0, 0.1) is 0 Å². The number of ketones is 1. The van der Waals surface area contributed by atoms with Crippen molar-refractivity contribution in [1.82, 2.24) is 4.90 Å². The second-order valence-electron chi connectivity index (χ2n) is 6.29. The summed E-state index contributed by atoms with van der Waals surface area (Å²) in [5.41, 5.74) is 1.11. The zero-order valence-corrected chi connectivity index (χ0v) is 14.5. The number of β-amino-alcohol motifs (C(OH)–C–C–N with tert-alkyl or cyclic N) is 1. The van der Waals surface area contributed by atoms with Gasteiger partial charge in [-0.05, 0) is 39.0 Å². The fraction of sp³-hybridized carbons (Fsp3) is 0.562. The minimum atomic E-state index is -0.662. The Kier molecular flexibility index (Phi) is 5.07. The Morgan fingerprint density at radius 2 is 1.90 bits per heavy atom. The predicted octanol–water partition coefficient (Wildman–Crippen LogP) is 2.54. The van der Waals surface area contributed by atoms with Crippen LogP contribution in [0.4, 0.5) is 5.69 Å². The molecule has 5 heteroatoms. The first-order chi connectivity index (χ1) is 9.76. The molecule has 21 heavy (non-hydrogen) atoms. The molecule has 1 heterocycles. The van der Waals surface area contributed by atoms with E-state index < -0.39 is 5.60 Å². The minimum absolute atomic E-state index is 0.0882. The normalized spacial score (nSPS) is 17.1. The molecule has 0 atom stereocenters. The van der Waals surface area contributed by atoms with E-state index in [1.807, 2.05) is 32.0 Å². The third-order valence-corrected chi connectivity index (χ3v) is 4.15. The van der Waals surface area contributed by atoms with Gasteiger partial charge in [-0.2, -0.15) is 0 Å². The summed E-state index contributed by atoms with van der Waals surface area (Å²) in [4.78, 5) is 16.3. The number of rotatable bonds is 4. The first-order valence-corrected chi connectivity index (χ1v) is 8.06. The van der Waals surface area contributed by atoms with Crippen molar-refractivity contribution in [2.24, 2.45) is 0 Å². The van der Waals surface area contributed by atoms with Crippen molar-refractivity contribution in [3.63, 3.8) is 0 Å². The maximum atomic E-state index is 11.8. The minimum Gasteiger partial charge on any atom is -0.389 e. The Balaban J connectivity index is 2.07. The Hall–Kier alpha value is -0.910. The highest BCUT2D eigenvalue weighted by Gasteiger charge is 2.24. The van der Waals surface area contributed by atoms with E-state index in [9.17, 15) is 9.90 Å². The van der Waals surface area contributed by atoms with Crippen molar-refractivity contribution < 1.29 is 9.90 Å². The van der Waals surface area contributed by atoms with Gasteiger partial charge >= 0.3 is 0 Å². The molecule has 1 saturated heterocycles. The maximum Gasteiger partial charge on any atom is 0.161 e.